The summed E-state index contributed by atoms with van der Waals surface area (Å²) in [6.45, 7) is 1.48. The highest BCUT2D eigenvalue weighted by atomic mass is 19.4. The Morgan fingerprint density at radius 3 is 2.52 bits per heavy atom. The average Bonchev–Trinajstić information content (AvgIpc) is 2.48. The largest absolute Gasteiger partial charge is 0.417 e. The van der Waals surface area contributed by atoms with Crippen molar-refractivity contribution in [1.82, 2.24) is 9.88 Å². The van der Waals surface area contributed by atoms with Crippen molar-refractivity contribution in [2.24, 2.45) is 0 Å². The number of hydrogen-bond acceptors (Lipinski definition) is 4. The predicted molar refractivity (Wildman–Crippen MR) is 65.0 cm³/mol. The van der Waals surface area contributed by atoms with Crippen LogP contribution in [0, 0.1) is 11.3 Å². The Balaban J connectivity index is 2.17. The maximum Gasteiger partial charge on any atom is 0.417 e. The van der Waals surface area contributed by atoms with E-state index in [1.807, 2.05) is 0 Å². The molecule has 21 heavy (non-hydrogen) atoms. The Kier molecular flexibility index (Phi) is 4.43. The normalized spacial score (nSPS) is 17.1. The van der Waals surface area contributed by atoms with E-state index >= 15 is 0 Å². The van der Waals surface area contributed by atoms with Crippen molar-refractivity contribution in [2.75, 3.05) is 26.3 Å². The lowest BCUT2D eigenvalue weighted by Gasteiger charge is -2.28. The van der Waals surface area contributed by atoms with E-state index in [1.54, 1.807) is 6.07 Å². The number of aromatic nitrogens is 1. The SMILES string of the molecule is N#C[C@H](C(=O)N1CCOCC1)c1ccc(C(F)(F)F)cn1. The van der Waals surface area contributed by atoms with Crippen LogP contribution in [0.3, 0.4) is 0 Å². The zero-order valence-electron chi connectivity index (χ0n) is 10.9. The molecule has 1 saturated heterocycles. The summed E-state index contributed by atoms with van der Waals surface area (Å²) < 4.78 is 42.5. The molecule has 5 nitrogen and oxygen atoms in total. The van der Waals surface area contributed by atoms with Gasteiger partial charge in [0.1, 0.15) is 0 Å². The van der Waals surface area contributed by atoms with Crippen LogP contribution < -0.4 is 0 Å². The van der Waals surface area contributed by atoms with Crippen LogP contribution in [0.5, 0.6) is 0 Å². The van der Waals surface area contributed by atoms with Crippen molar-refractivity contribution < 1.29 is 22.7 Å². The molecule has 1 fully saturated rings. The number of carbonyl (C=O) groups excluding carboxylic acids is 1. The molecule has 0 aliphatic carbocycles. The first kappa shape index (κ1) is 15.3. The number of hydrogen-bond donors (Lipinski definition) is 0. The van der Waals surface area contributed by atoms with Gasteiger partial charge in [-0.3, -0.25) is 9.78 Å². The molecular weight excluding hydrogens is 287 g/mol. The zero-order valence-corrected chi connectivity index (χ0v) is 10.9. The van der Waals surface area contributed by atoms with Crippen molar-refractivity contribution in [1.29, 1.82) is 5.26 Å². The number of ether oxygens (including phenoxy) is 1. The lowest BCUT2D eigenvalue weighted by molar-refractivity contribution is -0.137. The van der Waals surface area contributed by atoms with Gasteiger partial charge in [-0.15, -0.1) is 0 Å². The van der Waals surface area contributed by atoms with Crippen LogP contribution in [0.25, 0.3) is 0 Å². The molecule has 0 spiro atoms. The molecule has 0 unspecified atom stereocenters. The van der Waals surface area contributed by atoms with E-state index in [4.69, 9.17) is 10.00 Å². The quantitative estimate of drug-likeness (QED) is 0.831. The molecule has 8 heteroatoms. The summed E-state index contributed by atoms with van der Waals surface area (Å²) in [7, 11) is 0. The van der Waals surface area contributed by atoms with Crippen LogP contribution >= 0.6 is 0 Å². The van der Waals surface area contributed by atoms with Gasteiger partial charge >= 0.3 is 6.18 Å². The van der Waals surface area contributed by atoms with Crippen molar-refractivity contribution in [3.05, 3.63) is 29.6 Å². The number of rotatable bonds is 2. The minimum absolute atomic E-state index is 0.0157. The number of alkyl halides is 3. The summed E-state index contributed by atoms with van der Waals surface area (Å²) >= 11 is 0. The van der Waals surface area contributed by atoms with Crippen molar-refractivity contribution in [3.8, 4) is 6.07 Å². The number of nitrogens with zero attached hydrogens (tertiary/aromatic N) is 3. The Hall–Kier alpha value is -2.14. The van der Waals surface area contributed by atoms with Crippen LogP contribution in [0.2, 0.25) is 0 Å². The van der Waals surface area contributed by atoms with Crippen molar-refractivity contribution in [3.63, 3.8) is 0 Å². The minimum Gasteiger partial charge on any atom is -0.378 e. The van der Waals surface area contributed by atoms with Gasteiger partial charge < -0.3 is 9.64 Å². The number of amides is 1. The van der Waals surface area contributed by atoms with Gasteiger partial charge in [0.25, 0.3) is 0 Å². The highest BCUT2D eigenvalue weighted by molar-refractivity contribution is 5.86. The molecule has 2 rings (SSSR count). The summed E-state index contributed by atoms with van der Waals surface area (Å²) in [5, 5.41) is 9.12. The second-order valence-corrected chi connectivity index (χ2v) is 4.47. The van der Waals surface area contributed by atoms with Crippen LogP contribution in [0.15, 0.2) is 18.3 Å². The fourth-order valence-corrected chi connectivity index (χ4v) is 1.96. The molecule has 1 atom stereocenters. The number of pyridine rings is 1. The van der Waals surface area contributed by atoms with Crippen LogP contribution in [-0.2, 0) is 15.7 Å². The second-order valence-electron chi connectivity index (χ2n) is 4.47. The Labute approximate surface area is 118 Å². The highest BCUT2D eigenvalue weighted by Gasteiger charge is 2.32. The minimum atomic E-state index is -4.50. The third kappa shape index (κ3) is 3.49. The molecule has 1 aliphatic rings. The molecule has 1 aromatic heterocycles. The van der Waals surface area contributed by atoms with E-state index in [1.165, 1.54) is 4.90 Å². The Bertz CT molecular complexity index is 545. The standard InChI is InChI=1S/C13H12F3N3O2/c14-13(15,16)9-1-2-11(18-8-9)10(7-17)12(20)19-3-5-21-6-4-19/h1-2,8,10H,3-6H2/t10-/m0/s1. The highest BCUT2D eigenvalue weighted by Crippen LogP contribution is 2.29. The topological polar surface area (TPSA) is 66.2 Å². The van der Waals surface area contributed by atoms with Crippen molar-refractivity contribution >= 4 is 5.91 Å². The van der Waals surface area contributed by atoms with Gasteiger partial charge in [0.2, 0.25) is 5.91 Å². The Morgan fingerprint density at radius 2 is 2.05 bits per heavy atom. The van der Waals surface area contributed by atoms with E-state index in [0.29, 0.717) is 32.5 Å². The maximum absolute atomic E-state index is 12.5. The van der Waals surface area contributed by atoms with E-state index in [0.717, 1.165) is 12.1 Å². The van der Waals surface area contributed by atoms with Gasteiger partial charge in [-0.25, -0.2) is 0 Å². The van der Waals surface area contributed by atoms with Crippen LogP contribution in [0.1, 0.15) is 17.2 Å². The number of nitriles is 1. The summed E-state index contributed by atoms with van der Waals surface area (Å²) in [5.41, 5.74) is -0.899. The predicted octanol–water partition coefficient (Wildman–Crippen LogP) is 1.57. The van der Waals surface area contributed by atoms with Gasteiger partial charge in [-0.1, -0.05) is 0 Å². The number of halogens is 3. The molecule has 0 bridgehead atoms. The van der Waals surface area contributed by atoms with Gasteiger partial charge in [-0.2, -0.15) is 18.4 Å². The van der Waals surface area contributed by atoms with Gasteiger partial charge in [0.05, 0.1) is 30.5 Å². The lowest BCUT2D eigenvalue weighted by Crippen LogP contribution is -2.43. The van der Waals surface area contributed by atoms with Crippen molar-refractivity contribution in [2.45, 2.75) is 12.1 Å². The van der Waals surface area contributed by atoms with Gasteiger partial charge in [0.15, 0.2) is 5.92 Å². The lowest BCUT2D eigenvalue weighted by atomic mass is 10.0. The van der Waals surface area contributed by atoms with Gasteiger partial charge in [0, 0.05) is 19.3 Å². The monoisotopic (exact) mass is 299 g/mol. The summed E-state index contributed by atoms with van der Waals surface area (Å²) in [6, 6.07) is 3.68. The molecule has 1 aliphatic heterocycles. The third-order valence-electron chi connectivity index (χ3n) is 3.11. The first-order valence-electron chi connectivity index (χ1n) is 6.23. The molecular formula is C13H12F3N3O2. The number of carbonyl (C=O) groups is 1. The van der Waals surface area contributed by atoms with Crippen LogP contribution in [0.4, 0.5) is 13.2 Å². The van der Waals surface area contributed by atoms with E-state index < -0.39 is 23.6 Å². The number of morpholine rings is 1. The fraction of sp³-hybridized carbons (Fsp3) is 0.462. The molecule has 112 valence electrons. The molecule has 2 heterocycles. The maximum atomic E-state index is 12.5. The van der Waals surface area contributed by atoms with E-state index in [2.05, 4.69) is 4.98 Å². The molecule has 0 saturated carbocycles. The Morgan fingerprint density at radius 1 is 1.38 bits per heavy atom. The second kappa shape index (κ2) is 6.10. The van der Waals surface area contributed by atoms with Gasteiger partial charge in [-0.05, 0) is 12.1 Å². The summed E-state index contributed by atoms with van der Waals surface area (Å²) in [4.78, 5) is 17.3. The average molecular weight is 299 g/mol. The summed E-state index contributed by atoms with van der Waals surface area (Å²) in [6.07, 6.45) is -3.87. The molecule has 1 aromatic rings. The molecule has 1 amide bonds. The van der Waals surface area contributed by atoms with E-state index in [-0.39, 0.29) is 5.69 Å². The first-order valence-corrected chi connectivity index (χ1v) is 6.23. The molecule has 0 aromatic carbocycles. The zero-order chi connectivity index (χ0) is 15.5. The first-order chi connectivity index (χ1) is 9.93. The smallest absolute Gasteiger partial charge is 0.378 e. The fourth-order valence-electron chi connectivity index (χ4n) is 1.96. The van der Waals surface area contributed by atoms with E-state index in [9.17, 15) is 18.0 Å². The third-order valence-corrected chi connectivity index (χ3v) is 3.11. The molecule has 0 radical (unpaired) electrons. The van der Waals surface area contributed by atoms with Crippen LogP contribution in [-0.4, -0.2) is 42.1 Å². The molecule has 0 N–H and O–H groups in total. The summed E-state index contributed by atoms with van der Waals surface area (Å²) in [5.74, 6) is -1.67.